The number of rotatable bonds is 14. The molecular formula is C33H35FN2O7S. The number of furan rings is 1. The number of fused-ring (bicyclic) bond motifs is 1. The molecule has 44 heavy (non-hydrogen) atoms. The summed E-state index contributed by atoms with van der Waals surface area (Å²) in [4.78, 5) is 24.0. The summed E-state index contributed by atoms with van der Waals surface area (Å²) < 4.78 is 53.1. The Hall–Kier alpha value is -4.22. The zero-order valence-corrected chi connectivity index (χ0v) is 25.5. The third kappa shape index (κ3) is 7.11. The molecule has 0 bridgehead atoms. The van der Waals surface area contributed by atoms with E-state index in [1.807, 2.05) is 6.07 Å². The van der Waals surface area contributed by atoms with E-state index in [2.05, 4.69) is 5.32 Å². The Morgan fingerprint density at radius 1 is 1.05 bits per heavy atom. The van der Waals surface area contributed by atoms with Gasteiger partial charge in [-0.25, -0.2) is 17.6 Å². The van der Waals surface area contributed by atoms with Crippen LogP contribution in [0.25, 0.3) is 22.3 Å². The third-order valence-corrected chi connectivity index (χ3v) is 8.88. The fourth-order valence-corrected chi connectivity index (χ4v) is 6.25. The monoisotopic (exact) mass is 622 g/mol. The van der Waals surface area contributed by atoms with Crippen molar-refractivity contribution in [2.45, 2.75) is 44.6 Å². The Bertz CT molecular complexity index is 1760. The number of nitrogens with zero attached hydrogens (tertiary/aromatic N) is 1. The first-order valence-electron chi connectivity index (χ1n) is 14.5. The Morgan fingerprint density at radius 2 is 1.75 bits per heavy atom. The van der Waals surface area contributed by atoms with Crippen molar-refractivity contribution in [1.29, 1.82) is 0 Å². The minimum absolute atomic E-state index is 0.179. The number of carboxylic acid groups (broad SMARTS) is 1. The first-order valence-corrected chi connectivity index (χ1v) is 16.4. The molecule has 1 fully saturated rings. The van der Waals surface area contributed by atoms with E-state index in [0.29, 0.717) is 53.2 Å². The number of sulfonamides is 1. The van der Waals surface area contributed by atoms with E-state index < -0.39 is 21.8 Å². The van der Waals surface area contributed by atoms with Gasteiger partial charge in [-0.2, -0.15) is 0 Å². The van der Waals surface area contributed by atoms with Crippen LogP contribution in [0.4, 0.5) is 10.1 Å². The largest absolute Gasteiger partial charge is 0.478 e. The highest BCUT2D eigenvalue weighted by atomic mass is 32.2. The topological polar surface area (TPSA) is 126 Å². The van der Waals surface area contributed by atoms with Gasteiger partial charge in [-0.1, -0.05) is 12.1 Å². The highest BCUT2D eigenvalue weighted by Gasteiger charge is 2.33. The van der Waals surface area contributed by atoms with Gasteiger partial charge < -0.3 is 19.6 Å². The van der Waals surface area contributed by atoms with Gasteiger partial charge in [0, 0.05) is 37.2 Å². The number of halogens is 1. The Labute approximate surface area is 255 Å². The summed E-state index contributed by atoms with van der Waals surface area (Å²) in [7, 11) is -2.11. The second kappa shape index (κ2) is 13.2. The standard InChI is InChI=1S/C33H35FN2O7S/c1-35-32(37)30-27-18-26(22-10-11-22)28(19-29(27)43-31(30)23-12-14-25(34)15-13-23)36(44(2,40)41)16-4-3-5-17-42-20-21-6-8-24(9-7-21)33(38)39/h6-9,12-15,18-19,22H,3-5,10-11,16-17,20H2,1-2H3,(H,35,37)(H,38,39). The molecule has 9 nitrogen and oxygen atoms in total. The number of carbonyl (C=O) groups excluding carboxylic acids is 1. The molecule has 1 aromatic heterocycles. The van der Waals surface area contributed by atoms with Gasteiger partial charge in [-0.15, -0.1) is 0 Å². The maximum absolute atomic E-state index is 13.6. The Balaban J connectivity index is 1.33. The van der Waals surface area contributed by atoms with Crippen LogP contribution in [0.3, 0.4) is 0 Å². The minimum Gasteiger partial charge on any atom is -0.478 e. The summed E-state index contributed by atoms with van der Waals surface area (Å²) >= 11 is 0. The first kappa shape index (κ1) is 31.2. The van der Waals surface area contributed by atoms with Gasteiger partial charge in [0.1, 0.15) is 17.2 Å². The molecule has 0 saturated heterocycles. The van der Waals surface area contributed by atoms with Crippen molar-refractivity contribution in [3.63, 3.8) is 0 Å². The van der Waals surface area contributed by atoms with Gasteiger partial charge in [-0.3, -0.25) is 9.10 Å². The van der Waals surface area contributed by atoms with Crippen LogP contribution in [0.2, 0.25) is 0 Å². The number of carboxylic acids is 1. The minimum atomic E-state index is -3.64. The normalized spacial score (nSPS) is 13.2. The van der Waals surface area contributed by atoms with Gasteiger partial charge in [0.2, 0.25) is 10.0 Å². The van der Waals surface area contributed by atoms with E-state index in [9.17, 15) is 22.4 Å². The number of anilines is 1. The lowest BCUT2D eigenvalue weighted by molar-refractivity contribution is 0.0696. The lowest BCUT2D eigenvalue weighted by atomic mass is 10.0. The first-order chi connectivity index (χ1) is 21.1. The average Bonchev–Trinajstić information content (AvgIpc) is 3.78. The van der Waals surface area contributed by atoms with E-state index >= 15 is 0 Å². The second-order valence-electron chi connectivity index (χ2n) is 11.0. The van der Waals surface area contributed by atoms with Crippen LogP contribution in [-0.4, -0.2) is 51.9 Å². The van der Waals surface area contributed by atoms with Gasteiger partial charge in [0.15, 0.2) is 0 Å². The quantitative estimate of drug-likeness (QED) is 0.158. The van der Waals surface area contributed by atoms with Crippen LogP contribution in [0, 0.1) is 5.82 Å². The number of amides is 1. The van der Waals surface area contributed by atoms with E-state index in [4.69, 9.17) is 14.3 Å². The molecule has 0 unspecified atom stereocenters. The number of aromatic carboxylic acids is 1. The van der Waals surface area contributed by atoms with Crippen molar-refractivity contribution < 1.29 is 36.7 Å². The van der Waals surface area contributed by atoms with Crippen molar-refractivity contribution in [1.82, 2.24) is 5.32 Å². The predicted molar refractivity (Wildman–Crippen MR) is 166 cm³/mol. The fraction of sp³-hybridized carbons (Fsp3) is 0.333. The number of hydrogen-bond acceptors (Lipinski definition) is 6. The summed E-state index contributed by atoms with van der Waals surface area (Å²) in [5.74, 6) is -1.26. The molecule has 1 heterocycles. The van der Waals surface area contributed by atoms with Crippen molar-refractivity contribution in [2.24, 2.45) is 0 Å². The van der Waals surface area contributed by atoms with Crippen molar-refractivity contribution in [3.05, 3.63) is 88.7 Å². The lowest BCUT2D eigenvalue weighted by Gasteiger charge is -2.25. The van der Waals surface area contributed by atoms with E-state index in [1.165, 1.54) is 29.7 Å². The highest BCUT2D eigenvalue weighted by Crippen LogP contribution is 2.48. The molecule has 1 aliphatic carbocycles. The number of nitrogens with one attached hydrogen (secondary N) is 1. The summed E-state index contributed by atoms with van der Waals surface area (Å²) in [5.41, 5.74) is 3.74. The number of benzene rings is 3. The zero-order chi connectivity index (χ0) is 31.4. The number of carbonyl (C=O) groups is 2. The maximum Gasteiger partial charge on any atom is 0.335 e. The van der Waals surface area contributed by atoms with Crippen LogP contribution in [-0.2, 0) is 21.4 Å². The van der Waals surface area contributed by atoms with Gasteiger partial charge in [0.05, 0.1) is 29.7 Å². The highest BCUT2D eigenvalue weighted by molar-refractivity contribution is 7.92. The van der Waals surface area contributed by atoms with E-state index in [0.717, 1.165) is 36.8 Å². The molecular weight excluding hydrogens is 587 g/mol. The van der Waals surface area contributed by atoms with Crippen molar-refractivity contribution >= 4 is 38.6 Å². The molecule has 0 aliphatic heterocycles. The second-order valence-corrected chi connectivity index (χ2v) is 12.9. The molecule has 3 aromatic carbocycles. The Morgan fingerprint density at radius 3 is 2.36 bits per heavy atom. The van der Waals surface area contributed by atoms with Crippen molar-refractivity contribution in [3.8, 4) is 11.3 Å². The number of hydrogen-bond donors (Lipinski definition) is 2. The average molecular weight is 623 g/mol. The van der Waals surface area contributed by atoms with Gasteiger partial charge in [-0.05, 0) is 91.6 Å². The van der Waals surface area contributed by atoms with Crippen LogP contribution in [0.5, 0.6) is 0 Å². The molecule has 2 N–H and O–H groups in total. The van der Waals surface area contributed by atoms with Crippen molar-refractivity contribution in [2.75, 3.05) is 30.8 Å². The van der Waals surface area contributed by atoms with Crippen LogP contribution >= 0.6 is 0 Å². The number of ether oxygens (including phenoxy) is 1. The fourth-order valence-electron chi connectivity index (χ4n) is 5.28. The Kier molecular flexibility index (Phi) is 9.36. The van der Waals surface area contributed by atoms with E-state index in [-0.39, 0.29) is 23.9 Å². The summed E-state index contributed by atoms with van der Waals surface area (Å²) in [6.07, 6.45) is 5.10. The van der Waals surface area contributed by atoms with Gasteiger partial charge in [0.25, 0.3) is 5.91 Å². The molecule has 0 atom stereocenters. The molecule has 4 aromatic rings. The van der Waals surface area contributed by atoms with Crippen LogP contribution in [0.15, 0.2) is 65.1 Å². The van der Waals surface area contributed by atoms with Crippen LogP contribution < -0.4 is 9.62 Å². The molecule has 1 aliphatic rings. The summed E-state index contributed by atoms with van der Waals surface area (Å²) in [6.45, 7) is 1.12. The van der Waals surface area contributed by atoms with E-state index in [1.54, 1.807) is 42.5 Å². The third-order valence-electron chi connectivity index (χ3n) is 7.70. The molecule has 1 amide bonds. The molecule has 232 valence electrons. The summed E-state index contributed by atoms with van der Waals surface area (Å²) in [5, 5.41) is 12.3. The number of unbranched alkanes of at least 4 members (excludes halogenated alkanes) is 2. The molecule has 1 saturated carbocycles. The lowest BCUT2D eigenvalue weighted by Crippen LogP contribution is -2.31. The van der Waals surface area contributed by atoms with Gasteiger partial charge >= 0.3 is 5.97 Å². The molecule has 0 radical (unpaired) electrons. The SMILES string of the molecule is CNC(=O)c1c(-c2ccc(F)cc2)oc2cc(N(CCCCCOCc3ccc(C(=O)O)cc3)S(C)(=O)=O)c(C3CC3)cc12. The molecule has 0 spiro atoms. The summed E-state index contributed by atoms with van der Waals surface area (Å²) in [6, 6.07) is 15.8. The van der Waals surface area contributed by atoms with Crippen LogP contribution in [0.1, 0.15) is 69.9 Å². The zero-order valence-electron chi connectivity index (χ0n) is 24.6. The predicted octanol–water partition coefficient (Wildman–Crippen LogP) is 6.33. The smallest absolute Gasteiger partial charge is 0.335 e. The molecule has 11 heteroatoms. The maximum atomic E-state index is 13.6. The molecule has 5 rings (SSSR count).